The first-order valence-electron chi connectivity index (χ1n) is 10.4. The van der Waals surface area contributed by atoms with Crippen LogP contribution in [0.4, 0.5) is 10.2 Å². The Morgan fingerprint density at radius 1 is 1.12 bits per heavy atom. The van der Waals surface area contributed by atoms with Crippen LogP contribution in [0.25, 0.3) is 16.9 Å². The van der Waals surface area contributed by atoms with E-state index in [1.54, 1.807) is 30.3 Å². The highest BCUT2D eigenvalue weighted by atomic mass is 35.5. The molecule has 0 spiro atoms. The molecule has 1 aromatic carbocycles. The minimum absolute atomic E-state index is 0.0308. The number of imidazole rings is 1. The minimum Gasteiger partial charge on any atom is -0.379 e. The number of fused-ring (bicyclic) bond motifs is 1. The number of pyridine rings is 1. The number of amides is 1. The Balaban J connectivity index is 1.39. The molecule has 0 unspecified atom stereocenters. The van der Waals surface area contributed by atoms with Crippen LogP contribution in [0.1, 0.15) is 16.2 Å². The van der Waals surface area contributed by atoms with Crippen LogP contribution in [0, 0.1) is 5.82 Å². The number of benzene rings is 1. The van der Waals surface area contributed by atoms with Gasteiger partial charge in [-0.1, -0.05) is 29.8 Å². The lowest BCUT2D eigenvalue weighted by Crippen LogP contribution is -2.35. The Bertz CT molecular complexity index is 1320. The first-order chi connectivity index (χ1) is 16.1. The second-order valence-corrected chi connectivity index (χ2v) is 7.97. The van der Waals surface area contributed by atoms with Crippen LogP contribution in [0.2, 0.25) is 5.02 Å². The summed E-state index contributed by atoms with van der Waals surface area (Å²) in [5.41, 5.74) is 2.40. The molecule has 33 heavy (non-hydrogen) atoms. The Labute approximate surface area is 194 Å². The van der Waals surface area contributed by atoms with Crippen LogP contribution in [0.5, 0.6) is 0 Å². The number of rotatable bonds is 5. The van der Waals surface area contributed by atoms with Gasteiger partial charge in [-0.15, -0.1) is 0 Å². The standard InChI is InChI=1S/C23H20ClFN6O2/c24-22-16(4-2-5-17(22)25)18-7-8-21-26-13-19(31(21)29-18)23(32)28-20-6-1-3-15(27-20)14-30-9-11-33-12-10-30/h1-8,13H,9-12,14H2,(H,27,28,32). The van der Waals surface area contributed by atoms with E-state index in [4.69, 9.17) is 16.3 Å². The van der Waals surface area contributed by atoms with Crippen molar-refractivity contribution < 1.29 is 13.9 Å². The van der Waals surface area contributed by atoms with Crippen LogP contribution in [0.3, 0.4) is 0 Å². The first kappa shape index (κ1) is 21.4. The van der Waals surface area contributed by atoms with Gasteiger partial charge in [-0.25, -0.2) is 18.9 Å². The van der Waals surface area contributed by atoms with Crippen molar-refractivity contribution in [3.8, 4) is 11.3 Å². The lowest BCUT2D eigenvalue weighted by molar-refractivity contribution is 0.0337. The number of nitrogens with one attached hydrogen (secondary N) is 1. The van der Waals surface area contributed by atoms with Crippen molar-refractivity contribution in [3.63, 3.8) is 0 Å². The van der Waals surface area contributed by atoms with Crippen molar-refractivity contribution in [1.29, 1.82) is 0 Å². The smallest absolute Gasteiger partial charge is 0.277 e. The molecule has 1 aliphatic rings. The zero-order chi connectivity index (χ0) is 22.8. The van der Waals surface area contributed by atoms with Gasteiger partial charge in [0, 0.05) is 25.2 Å². The summed E-state index contributed by atoms with van der Waals surface area (Å²) in [5, 5.41) is 7.25. The average Bonchev–Trinajstić information content (AvgIpc) is 3.25. The molecule has 4 heterocycles. The van der Waals surface area contributed by atoms with Crippen molar-refractivity contribution >= 4 is 29.0 Å². The molecule has 3 aromatic heterocycles. The Hall–Kier alpha value is -3.40. The fourth-order valence-corrected chi connectivity index (χ4v) is 3.90. The third kappa shape index (κ3) is 4.56. The quantitative estimate of drug-likeness (QED) is 0.483. The lowest BCUT2D eigenvalue weighted by Gasteiger charge is -2.26. The zero-order valence-corrected chi connectivity index (χ0v) is 18.3. The monoisotopic (exact) mass is 466 g/mol. The van der Waals surface area contributed by atoms with Gasteiger partial charge in [0.1, 0.15) is 11.6 Å². The summed E-state index contributed by atoms with van der Waals surface area (Å²) in [7, 11) is 0. The molecule has 0 saturated carbocycles. The van der Waals surface area contributed by atoms with Crippen molar-refractivity contribution in [2.24, 2.45) is 0 Å². The molecule has 5 rings (SSSR count). The van der Waals surface area contributed by atoms with E-state index in [2.05, 4.69) is 25.3 Å². The Morgan fingerprint density at radius 3 is 2.79 bits per heavy atom. The summed E-state index contributed by atoms with van der Waals surface area (Å²) >= 11 is 6.11. The minimum atomic E-state index is -0.539. The summed E-state index contributed by atoms with van der Waals surface area (Å²) in [6.07, 6.45) is 1.44. The van der Waals surface area contributed by atoms with Gasteiger partial charge in [0.2, 0.25) is 0 Å². The number of hydrogen-bond donors (Lipinski definition) is 1. The lowest BCUT2D eigenvalue weighted by atomic mass is 10.1. The maximum atomic E-state index is 13.9. The number of ether oxygens (including phenoxy) is 1. The van der Waals surface area contributed by atoms with Crippen molar-refractivity contribution in [2.75, 3.05) is 31.6 Å². The predicted octanol–water partition coefficient (Wildman–Crippen LogP) is 3.67. The Kier molecular flexibility index (Phi) is 5.99. The van der Waals surface area contributed by atoms with E-state index in [1.807, 2.05) is 12.1 Å². The van der Waals surface area contributed by atoms with Crippen molar-refractivity contribution in [3.05, 3.63) is 77.0 Å². The highest BCUT2D eigenvalue weighted by Crippen LogP contribution is 2.28. The molecule has 1 saturated heterocycles. The Morgan fingerprint density at radius 2 is 1.94 bits per heavy atom. The molecule has 0 atom stereocenters. The second kappa shape index (κ2) is 9.22. The summed E-state index contributed by atoms with van der Waals surface area (Å²) in [5.74, 6) is -0.513. The van der Waals surface area contributed by atoms with Crippen LogP contribution < -0.4 is 5.32 Å². The number of aromatic nitrogens is 4. The molecule has 168 valence electrons. The number of halogens is 2. The summed E-state index contributed by atoms with van der Waals surface area (Å²) in [6, 6.07) is 13.4. The number of morpholine rings is 1. The van der Waals surface area contributed by atoms with E-state index in [0.29, 0.717) is 42.5 Å². The van der Waals surface area contributed by atoms with Crippen LogP contribution >= 0.6 is 11.6 Å². The largest absolute Gasteiger partial charge is 0.379 e. The third-order valence-corrected chi connectivity index (χ3v) is 5.74. The highest BCUT2D eigenvalue weighted by Gasteiger charge is 2.17. The van der Waals surface area contributed by atoms with Crippen molar-refractivity contribution in [2.45, 2.75) is 6.54 Å². The fraction of sp³-hybridized carbons (Fsp3) is 0.217. The van der Waals surface area contributed by atoms with Gasteiger partial charge in [-0.2, -0.15) is 5.10 Å². The molecule has 1 fully saturated rings. The normalized spacial score (nSPS) is 14.5. The van der Waals surface area contributed by atoms with E-state index in [-0.39, 0.29) is 10.7 Å². The van der Waals surface area contributed by atoms with Gasteiger partial charge < -0.3 is 10.1 Å². The molecule has 10 heteroatoms. The third-order valence-electron chi connectivity index (χ3n) is 5.36. The van der Waals surface area contributed by atoms with Gasteiger partial charge >= 0.3 is 0 Å². The molecule has 0 radical (unpaired) electrons. The molecule has 0 bridgehead atoms. The summed E-state index contributed by atoms with van der Waals surface area (Å²) in [4.78, 5) is 24.1. The van der Waals surface area contributed by atoms with E-state index < -0.39 is 11.7 Å². The van der Waals surface area contributed by atoms with Crippen molar-refractivity contribution in [1.82, 2.24) is 24.5 Å². The van der Waals surface area contributed by atoms with Gasteiger partial charge in [-0.3, -0.25) is 9.69 Å². The van der Waals surface area contributed by atoms with Gasteiger partial charge in [-0.05, 0) is 30.3 Å². The molecule has 1 amide bonds. The van der Waals surface area contributed by atoms with Gasteiger partial charge in [0.25, 0.3) is 5.91 Å². The topological polar surface area (TPSA) is 84.7 Å². The first-order valence-corrected chi connectivity index (χ1v) is 10.8. The predicted molar refractivity (Wildman–Crippen MR) is 122 cm³/mol. The fourth-order valence-electron chi connectivity index (χ4n) is 3.68. The van der Waals surface area contributed by atoms with E-state index in [9.17, 15) is 9.18 Å². The van der Waals surface area contributed by atoms with Crippen LogP contribution in [-0.2, 0) is 11.3 Å². The SMILES string of the molecule is O=C(Nc1cccc(CN2CCOCC2)n1)c1cnc2ccc(-c3cccc(F)c3Cl)nn12. The number of hydrogen-bond acceptors (Lipinski definition) is 6. The second-order valence-electron chi connectivity index (χ2n) is 7.59. The van der Waals surface area contributed by atoms with E-state index in [1.165, 1.54) is 16.8 Å². The molecular weight excluding hydrogens is 447 g/mol. The molecule has 4 aromatic rings. The number of carbonyl (C=O) groups is 1. The molecular formula is C23H20ClFN6O2. The molecule has 0 aliphatic carbocycles. The molecule has 1 aliphatic heterocycles. The van der Waals surface area contributed by atoms with E-state index in [0.717, 1.165) is 18.8 Å². The number of anilines is 1. The zero-order valence-electron chi connectivity index (χ0n) is 17.5. The van der Waals surface area contributed by atoms with Gasteiger partial charge in [0.05, 0.1) is 35.8 Å². The van der Waals surface area contributed by atoms with Crippen LogP contribution in [-0.4, -0.2) is 56.7 Å². The number of nitrogens with zero attached hydrogens (tertiary/aromatic N) is 5. The van der Waals surface area contributed by atoms with Gasteiger partial charge in [0.15, 0.2) is 11.3 Å². The molecule has 8 nitrogen and oxygen atoms in total. The number of carbonyl (C=O) groups excluding carboxylic acids is 1. The van der Waals surface area contributed by atoms with E-state index >= 15 is 0 Å². The average molecular weight is 467 g/mol. The maximum Gasteiger partial charge on any atom is 0.277 e. The summed E-state index contributed by atoms with van der Waals surface area (Å²) < 4.78 is 20.7. The van der Waals surface area contributed by atoms with Crippen LogP contribution in [0.15, 0.2) is 54.7 Å². The summed E-state index contributed by atoms with van der Waals surface area (Å²) in [6.45, 7) is 3.80. The molecule has 1 N–H and O–H groups in total. The highest BCUT2D eigenvalue weighted by molar-refractivity contribution is 6.33. The maximum absolute atomic E-state index is 13.9.